The van der Waals surface area contributed by atoms with E-state index in [1.807, 2.05) is 76.2 Å². The van der Waals surface area contributed by atoms with Crippen molar-refractivity contribution in [1.82, 2.24) is 0 Å². The number of rotatable bonds is 28. The zero-order valence-corrected chi connectivity index (χ0v) is 54.0. The number of carbonyl (C=O) groups is 8. The SMILES string of the molecule is C.C.C.C.C.C.C.C.CCC(C)(C)C(=O)OCCOCC(=O)OC1(C)C2CC3CC(C2)CC1C3.CCC(C)C(=O)OCCC(=O)OC1(C)CCCC1.CCC(C)C(=O)OCCC(=O)OC1(CC)CCCC1.CCC1(OC(=O)CCOC(=O)C(C)(C)CC)CCCC1. The summed E-state index contributed by atoms with van der Waals surface area (Å²) in [6, 6.07) is 0. The normalized spacial score (nSPS) is 21.8. The van der Waals surface area contributed by atoms with Gasteiger partial charge < -0.3 is 42.6 Å². The first-order valence-electron chi connectivity index (χ1n) is 32.2. The van der Waals surface area contributed by atoms with Gasteiger partial charge in [0.05, 0.1) is 48.5 Å². The van der Waals surface area contributed by atoms with E-state index < -0.39 is 10.8 Å². The first kappa shape index (κ1) is 97.8. The van der Waals surface area contributed by atoms with Gasteiger partial charge in [0.2, 0.25) is 0 Å². The lowest BCUT2D eigenvalue weighted by atomic mass is 9.50. The molecule has 0 aromatic heterocycles. The van der Waals surface area contributed by atoms with Crippen molar-refractivity contribution in [3.63, 3.8) is 0 Å². The Morgan fingerprint density at radius 2 is 0.747 bits per heavy atom. The quantitative estimate of drug-likeness (QED) is 0.0404. The predicted octanol–water partition coefficient (Wildman–Crippen LogP) is 18.5. The van der Waals surface area contributed by atoms with Crippen LogP contribution in [0, 0.1) is 46.3 Å². The molecule has 7 aliphatic rings. The molecule has 7 saturated carbocycles. The minimum atomic E-state index is -0.486. The van der Waals surface area contributed by atoms with E-state index in [2.05, 4.69) is 20.8 Å². The summed E-state index contributed by atoms with van der Waals surface area (Å²) in [5, 5.41) is 0. The standard InChI is InChI=1S/C21H34O5.C16H28O4.C15H26O4.C14H24O4.8CH4/c1-5-20(2,3)19(23)25-7-6-24-13-18(22)26-21(4)16-9-14-8-15(11-16)12-17(21)10-14;1-5-15(3,4)14(18)19-12-9-13(17)20-16(6-2)10-7-8-11-16;1-4-12(3)14(17)18-11-8-13(16)19-15(5-2)9-6-7-10-15;1-4-11(2)13(16)17-10-7-12(15)18-14(3)8-5-6-9-14;;;;;;;;/h14-17H,5-13H2,1-4H3;5-12H2,1-4H3;12H,4-11H2,1-3H3;11H,4-10H2,1-3H3;8*1H4. The lowest BCUT2D eigenvalue weighted by molar-refractivity contribution is -0.207. The van der Waals surface area contributed by atoms with E-state index in [0.717, 1.165) is 127 Å². The summed E-state index contributed by atoms with van der Waals surface area (Å²) in [6.07, 6.45) is 23.8. The van der Waals surface area contributed by atoms with Gasteiger partial charge in [-0.25, -0.2) is 4.79 Å². The molecule has 2 atom stereocenters. The van der Waals surface area contributed by atoms with E-state index in [4.69, 9.17) is 42.6 Å². The van der Waals surface area contributed by atoms with Gasteiger partial charge in [0, 0.05) is 0 Å². The van der Waals surface area contributed by atoms with E-state index in [-0.39, 0.29) is 200 Å². The molecule has 0 amide bonds. The number of hydrogen-bond donors (Lipinski definition) is 0. The fourth-order valence-electron chi connectivity index (χ4n) is 12.1. The van der Waals surface area contributed by atoms with Crippen LogP contribution in [-0.2, 0) is 81.0 Å². The Labute approximate surface area is 558 Å². The molecule has 4 bridgehead atoms. The Morgan fingerprint density at radius 3 is 1.09 bits per heavy atom. The first-order chi connectivity index (χ1) is 39.1. The second kappa shape index (κ2) is 46.7. The Morgan fingerprint density at radius 1 is 0.418 bits per heavy atom. The Balaban J connectivity index is -0.000000260. The molecule has 0 aromatic carbocycles. The summed E-state index contributed by atoms with van der Waals surface area (Å²) < 4.78 is 48.4. The largest absolute Gasteiger partial charge is 0.465 e. The zero-order valence-electron chi connectivity index (χ0n) is 54.0. The fraction of sp³-hybridized carbons (Fsp3) is 0.892. The highest BCUT2D eigenvalue weighted by molar-refractivity contribution is 5.77. The number of hydrogen-bond acceptors (Lipinski definition) is 17. The molecule has 7 rings (SSSR count). The maximum absolute atomic E-state index is 12.3. The topological polar surface area (TPSA) is 220 Å². The van der Waals surface area contributed by atoms with Gasteiger partial charge in [-0.3, -0.25) is 33.6 Å². The fourth-order valence-corrected chi connectivity index (χ4v) is 12.1. The second-order valence-corrected chi connectivity index (χ2v) is 26.5. The summed E-state index contributed by atoms with van der Waals surface area (Å²) in [5.41, 5.74) is -2.09. The van der Waals surface area contributed by atoms with Crippen LogP contribution in [0.5, 0.6) is 0 Å². The van der Waals surface area contributed by atoms with Gasteiger partial charge in [-0.1, -0.05) is 115 Å². The Bertz CT molecular complexity index is 2010. The molecule has 0 aliphatic heterocycles. The lowest BCUT2D eigenvalue weighted by Gasteiger charge is -2.59. The van der Waals surface area contributed by atoms with E-state index in [0.29, 0.717) is 11.8 Å². The molecule has 0 saturated heterocycles. The van der Waals surface area contributed by atoms with Gasteiger partial charge in [0.25, 0.3) is 0 Å². The van der Waals surface area contributed by atoms with Crippen molar-refractivity contribution in [2.24, 2.45) is 46.3 Å². The van der Waals surface area contributed by atoms with E-state index in [9.17, 15) is 38.4 Å². The van der Waals surface area contributed by atoms with Crippen molar-refractivity contribution in [2.75, 3.05) is 39.6 Å². The van der Waals surface area contributed by atoms with Gasteiger partial charge in [-0.2, -0.15) is 0 Å². The van der Waals surface area contributed by atoms with Crippen LogP contribution in [0.4, 0.5) is 0 Å². The highest BCUT2D eigenvalue weighted by Crippen LogP contribution is 2.59. The molecule has 91 heavy (non-hydrogen) atoms. The number of carbonyl (C=O) groups excluding carboxylic acids is 8. The molecular formula is C74H144O17. The summed E-state index contributed by atoms with van der Waals surface area (Å²) in [5.74, 6) is 0.504. The lowest BCUT2D eigenvalue weighted by Crippen LogP contribution is -2.58. The van der Waals surface area contributed by atoms with Gasteiger partial charge in [-0.15, -0.1) is 0 Å². The summed E-state index contributed by atoms with van der Waals surface area (Å²) >= 11 is 0. The predicted molar refractivity (Wildman–Crippen MR) is 369 cm³/mol. The Kier molecular flexibility index (Phi) is 50.2. The van der Waals surface area contributed by atoms with Crippen LogP contribution < -0.4 is 0 Å². The van der Waals surface area contributed by atoms with Gasteiger partial charge >= 0.3 is 47.8 Å². The monoisotopic (exact) mass is 1310 g/mol. The average molecular weight is 1310 g/mol. The van der Waals surface area contributed by atoms with Crippen LogP contribution in [0.25, 0.3) is 0 Å². The number of ether oxygens (including phenoxy) is 9. The molecule has 0 heterocycles. The molecule has 7 fully saturated rings. The van der Waals surface area contributed by atoms with Crippen molar-refractivity contribution in [1.29, 1.82) is 0 Å². The van der Waals surface area contributed by atoms with E-state index in [1.54, 1.807) is 0 Å². The van der Waals surface area contributed by atoms with Crippen molar-refractivity contribution in [3.8, 4) is 0 Å². The zero-order chi connectivity index (χ0) is 62.1. The molecule has 2 unspecified atom stereocenters. The molecule has 17 nitrogen and oxygen atoms in total. The third-order valence-corrected chi connectivity index (χ3v) is 19.3. The summed E-state index contributed by atoms with van der Waals surface area (Å²) in [7, 11) is 0. The molecule has 0 radical (unpaired) electrons. The molecule has 0 N–H and O–H groups in total. The Hall–Kier alpha value is -4.28. The van der Waals surface area contributed by atoms with Crippen LogP contribution in [-0.4, -0.2) is 110 Å². The van der Waals surface area contributed by atoms with E-state index in [1.165, 1.54) is 32.1 Å². The van der Waals surface area contributed by atoms with E-state index >= 15 is 0 Å². The van der Waals surface area contributed by atoms with Crippen LogP contribution in [0.15, 0.2) is 0 Å². The first-order valence-corrected chi connectivity index (χ1v) is 32.2. The molecule has 0 aromatic rings. The van der Waals surface area contributed by atoms with Crippen molar-refractivity contribution in [2.45, 2.75) is 346 Å². The third kappa shape index (κ3) is 32.1. The van der Waals surface area contributed by atoms with Crippen molar-refractivity contribution < 1.29 is 81.0 Å². The number of esters is 8. The summed E-state index contributed by atoms with van der Waals surface area (Å²) in [6.45, 7) is 27.7. The molecule has 17 heteroatoms. The highest BCUT2D eigenvalue weighted by atomic mass is 16.6. The maximum Gasteiger partial charge on any atom is 0.332 e. The van der Waals surface area contributed by atoms with Gasteiger partial charge in [0.1, 0.15) is 55.4 Å². The minimum absolute atomic E-state index is 0. The van der Waals surface area contributed by atoms with Gasteiger partial charge in [0.15, 0.2) is 0 Å². The average Bonchev–Trinajstić information content (AvgIpc) is 1.37. The molecule has 542 valence electrons. The van der Waals surface area contributed by atoms with Gasteiger partial charge in [-0.05, 0) is 213 Å². The smallest absolute Gasteiger partial charge is 0.332 e. The second-order valence-electron chi connectivity index (χ2n) is 26.5. The maximum atomic E-state index is 12.3. The molecular weight excluding hydrogens is 1160 g/mol. The molecule has 0 spiro atoms. The van der Waals surface area contributed by atoms with Crippen molar-refractivity contribution in [3.05, 3.63) is 0 Å². The van der Waals surface area contributed by atoms with Crippen LogP contribution in [0.1, 0.15) is 323 Å². The van der Waals surface area contributed by atoms with Crippen LogP contribution in [0.2, 0.25) is 0 Å². The minimum Gasteiger partial charge on any atom is -0.465 e. The summed E-state index contributed by atoms with van der Waals surface area (Å²) in [4.78, 5) is 94.0. The third-order valence-electron chi connectivity index (χ3n) is 19.3. The van der Waals surface area contributed by atoms with Crippen LogP contribution in [0.3, 0.4) is 0 Å². The molecule has 7 aliphatic carbocycles. The van der Waals surface area contributed by atoms with Crippen LogP contribution >= 0.6 is 0 Å². The highest BCUT2D eigenvalue weighted by Gasteiger charge is 2.57. The van der Waals surface area contributed by atoms with Crippen molar-refractivity contribution >= 4 is 47.8 Å².